The molecular formula is C14H19NO3S. The smallest absolute Gasteiger partial charge is 0.335 e. The SMILES string of the molecule is O=C(O)c1ccccc1CSCCN1CCOCC1. The van der Waals surface area contributed by atoms with Crippen molar-refractivity contribution in [3.8, 4) is 0 Å². The molecule has 1 aromatic carbocycles. The zero-order valence-corrected chi connectivity index (χ0v) is 11.7. The molecule has 0 saturated carbocycles. The predicted molar refractivity (Wildman–Crippen MR) is 76.8 cm³/mol. The molecule has 0 amide bonds. The van der Waals surface area contributed by atoms with Gasteiger partial charge in [-0.1, -0.05) is 18.2 Å². The van der Waals surface area contributed by atoms with Crippen molar-refractivity contribution < 1.29 is 14.6 Å². The van der Waals surface area contributed by atoms with Crippen molar-refractivity contribution in [2.75, 3.05) is 38.6 Å². The first-order valence-corrected chi connectivity index (χ1v) is 7.62. The van der Waals surface area contributed by atoms with Gasteiger partial charge in [0.2, 0.25) is 0 Å². The number of benzene rings is 1. The van der Waals surface area contributed by atoms with Crippen LogP contribution in [0.2, 0.25) is 0 Å². The topological polar surface area (TPSA) is 49.8 Å². The number of carbonyl (C=O) groups is 1. The Bertz CT molecular complexity index is 419. The average molecular weight is 281 g/mol. The molecule has 5 heteroatoms. The van der Waals surface area contributed by atoms with Crippen LogP contribution in [0.3, 0.4) is 0 Å². The molecule has 19 heavy (non-hydrogen) atoms. The van der Waals surface area contributed by atoms with Gasteiger partial charge < -0.3 is 9.84 Å². The third-order valence-corrected chi connectivity index (χ3v) is 4.15. The minimum atomic E-state index is -0.843. The standard InChI is InChI=1S/C14H19NO3S/c16-14(17)13-4-2-1-3-12(13)11-19-10-7-15-5-8-18-9-6-15/h1-4H,5-11H2,(H,16,17). The van der Waals surface area contributed by atoms with E-state index in [1.165, 1.54) is 0 Å². The molecule has 0 aliphatic carbocycles. The molecule has 104 valence electrons. The van der Waals surface area contributed by atoms with Crippen LogP contribution in [0.1, 0.15) is 15.9 Å². The summed E-state index contributed by atoms with van der Waals surface area (Å²) in [6.07, 6.45) is 0. The zero-order chi connectivity index (χ0) is 13.5. The largest absolute Gasteiger partial charge is 0.478 e. The summed E-state index contributed by atoms with van der Waals surface area (Å²) in [7, 11) is 0. The summed E-state index contributed by atoms with van der Waals surface area (Å²) >= 11 is 1.79. The highest BCUT2D eigenvalue weighted by atomic mass is 32.2. The number of hydrogen-bond acceptors (Lipinski definition) is 4. The number of carboxylic acid groups (broad SMARTS) is 1. The lowest BCUT2D eigenvalue weighted by Crippen LogP contribution is -2.37. The van der Waals surface area contributed by atoms with Crippen LogP contribution in [0.15, 0.2) is 24.3 Å². The lowest BCUT2D eigenvalue weighted by Gasteiger charge is -2.26. The molecule has 1 N–H and O–H groups in total. The van der Waals surface area contributed by atoms with E-state index < -0.39 is 5.97 Å². The minimum Gasteiger partial charge on any atom is -0.478 e. The maximum absolute atomic E-state index is 11.1. The molecule has 0 aromatic heterocycles. The van der Waals surface area contributed by atoms with Gasteiger partial charge in [-0.2, -0.15) is 11.8 Å². The molecular weight excluding hydrogens is 262 g/mol. The van der Waals surface area contributed by atoms with Crippen LogP contribution in [-0.4, -0.2) is 54.6 Å². The highest BCUT2D eigenvalue weighted by Gasteiger charge is 2.11. The molecule has 1 heterocycles. The van der Waals surface area contributed by atoms with E-state index in [1.807, 2.05) is 12.1 Å². The Morgan fingerprint density at radius 2 is 2.05 bits per heavy atom. The first kappa shape index (κ1) is 14.4. The summed E-state index contributed by atoms with van der Waals surface area (Å²) in [5.74, 6) is 0.935. The van der Waals surface area contributed by atoms with E-state index in [2.05, 4.69) is 4.90 Å². The highest BCUT2D eigenvalue weighted by Crippen LogP contribution is 2.17. The van der Waals surface area contributed by atoms with Gasteiger partial charge in [-0.15, -0.1) is 0 Å². The number of hydrogen-bond donors (Lipinski definition) is 1. The van der Waals surface area contributed by atoms with Crippen LogP contribution >= 0.6 is 11.8 Å². The van der Waals surface area contributed by atoms with E-state index in [0.717, 1.165) is 49.9 Å². The number of rotatable bonds is 6. The number of nitrogens with zero attached hydrogens (tertiary/aromatic N) is 1. The van der Waals surface area contributed by atoms with Crippen molar-refractivity contribution in [3.05, 3.63) is 35.4 Å². The van der Waals surface area contributed by atoms with Gasteiger partial charge in [0, 0.05) is 31.1 Å². The van der Waals surface area contributed by atoms with Crippen molar-refractivity contribution in [1.29, 1.82) is 0 Å². The highest BCUT2D eigenvalue weighted by molar-refractivity contribution is 7.98. The van der Waals surface area contributed by atoms with E-state index in [1.54, 1.807) is 23.9 Å². The molecule has 0 atom stereocenters. The van der Waals surface area contributed by atoms with Crippen molar-refractivity contribution in [2.24, 2.45) is 0 Å². The Kier molecular flexibility index (Phi) is 5.69. The zero-order valence-electron chi connectivity index (χ0n) is 10.9. The quantitative estimate of drug-likeness (QED) is 0.808. The van der Waals surface area contributed by atoms with Gasteiger partial charge in [0.25, 0.3) is 0 Å². The Balaban J connectivity index is 1.74. The van der Waals surface area contributed by atoms with Crippen LogP contribution in [-0.2, 0) is 10.5 Å². The molecule has 0 unspecified atom stereocenters. The maximum Gasteiger partial charge on any atom is 0.335 e. The second-order valence-electron chi connectivity index (χ2n) is 4.47. The molecule has 0 radical (unpaired) electrons. The summed E-state index contributed by atoms with van der Waals surface area (Å²) in [5, 5.41) is 9.09. The molecule has 2 rings (SSSR count). The Hall–Kier alpha value is -1.04. The molecule has 0 spiro atoms. The van der Waals surface area contributed by atoms with Gasteiger partial charge in [-0.25, -0.2) is 4.79 Å². The van der Waals surface area contributed by atoms with Crippen LogP contribution in [0.25, 0.3) is 0 Å². The van der Waals surface area contributed by atoms with Crippen molar-refractivity contribution >= 4 is 17.7 Å². The number of morpholine rings is 1. The number of thioether (sulfide) groups is 1. The predicted octanol–water partition coefficient (Wildman–Crippen LogP) is 1.95. The third-order valence-electron chi connectivity index (χ3n) is 3.16. The fraction of sp³-hybridized carbons (Fsp3) is 0.500. The van der Waals surface area contributed by atoms with E-state index in [0.29, 0.717) is 5.56 Å². The van der Waals surface area contributed by atoms with Crippen LogP contribution in [0.5, 0.6) is 0 Å². The molecule has 0 bridgehead atoms. The van der Waals surface area contributed by atoms with Crippen LogP contribution in [0, 0.1) is 0 Å². The molecule has 1 aliphatic heterocycles. The average Bonchev–Trinajstić information content (AvgIpc) is 2.45. The van der Waals surface area contributed by atoms with Crippen molar-refractivity contribution in [1.82, 2.24) is 4.90 Å². The summed E-state index contributed by atoms with van der Waals surface area (Å²) in [6.45, 7) is 4.71. The second-order valence-corrected chi connectivity index (χ2v) is 5.57. The Labute approximate surface area is 117 Å². The maximum atomic E-state index is 11.1. The van der Waals surface area contributed by atoms with Gasteiger partial charge in [0.15, 0.2) is 0 Å². The van der Waals surface area contributed by atoms with E-state index >= 15 is 0 Å². The summed E-state index contributed by atoms with van der Waals surface area (Å²) < 4.78 is 5.30. The number of aromatic carboxylic acids is 1. The molecule has 1 aromatic rings. The van der Waals surface area contributed by atoms with Gasteiger partial charge in [0.05, 0.1) is 18.8 Å². The third kappa shape index (κ3) is 4.53. The minimum absolute atomic E-state index is 0.418. The second kappa shape index (κ2) is 7.53. The van der Waals surface area contributed by atoms with Gasteiger partial charge in [0.1, 0.15) is 0 Å². The number of carboxylic acids is 1. The van der Waals surface area contributed by atoms with Gasteiger partial charge in [-0.05, 0) is 11.6 Å². The van der Waals surface area contributed by atoms with Crippen LogP contribution < -0.4 is 0 Å². The van der Waals surface area contributed by atoms with Crippen LogP contribution in [0.4, 0.5) is 0 Å². The number of ether oxygens (including phenoxy) is 1. The molecule has 1 fully saturated rings. The summed E-state index contributed by atoms with van der Waals surface area (Å²) in [6, 6.07) is 7.22. The molecule has 4 nitrogen and oxygen atoms in total. The summed E-state index contributed by atoms with van der Waals surface area (Å²) in [5.41, 5.74) is 1.32. The van der Waals surface area contributed by atoms with E-state index in [9.17, 15) is 4.79 Å². The van der Waals surface area contributed by atoms with Crippen molar-refractivity contribution in [3.63, 3.8) is 0 Å². The monoisotopic (exact) mass is 281 g/mol. The lowest BCUT2D eigenvalue weighted by molar-refractivity contribution is 0.0410. The van der Waals surface area contributed by atoms with E-state index in [4.69, 9.17) is 9.84 Å². The fourth-order valence-electron chi connectivity index (χ4n) is 2.06. The first-order chi connectivity index (χ1) is 9.27. The Morgan fingerprint density at radius 1 is 1.32 bits per heavy atom. The normalized spacial score (nSPS) is 16.4. The lowest BCUT2D eigenvalue weighted by atomic mass is 10.1. The first-order valence-electron chi connectivity index (χ1n) is 6.46. The molecule has 1 saturated heterocycles. The van der Waals surface area contributed by atoms with Crippen molar-refractivity contribution in [2.45, 2.75) is 5.75 Å². The van der Waals surface area contributed by atoms with Gasteiger partial charge >= 0.3 is 5.97 Å². The van der Waals surface area contributed by atoms with Gasteiger partial charge in [-0.3, -0.25) is 4.90 Å². The van der Waals surface area contributed by atoms with E-state index in [-0.39, 0.29) is 0 Å². The summed E-state index contributed by atoms with van der Waals surface area (Å²) in [4.78, 5) is 13.5. The Morgan fingerprint density at radius 3 is 2.79 bits per heavy atom. The molecule has 1 aliphatic rings. The fourth-order valence-corrected chi connectivity index (χ4v) is 3.06.